The van der Waals surface area contributed by atoms with E-state index in [1.54, 1.807) is 0 Å². The Balaban J connectivity index is 1.93. The second-order valence-corrected chi connectivity index (χ2v) is 6.15. The maximum atomic E-state index is 4.53. The average Bonchev–Trinajstić information content (AvgIpc) is 2.67. The second-order valence-electron chi connectivity index (χ2n) is 4.00. The van der Waals surface area contributed by atoms with Crippen LogP contribution in [0.4, 0.5) is 5.69 Å². The lowest BCUT2D eigenvalue weighted by Gasteiger charge is -2.21. The first-order valence-electron chi connectivity index (χ1n) is 5.69. The summed E-state index contributed by atoms with van der Waals surface area (Å²) in [6.07, 6.45) is 1.99. The Labute approximate surface area is 110 Å². The summed E-state index contributed by atoms with van der Waals surface area (Å²) in [7, 11) is 0. The lowest BCUT2D eigenvalue weighted by Crippen LogP contribution is -2.20. The smallest absolute Gasteiger partial charge is 0.0703 e. The fourth-order valence-corrected chi connectivity index (χ4v) is 4.12. The highest BCUT2D eigenvalue weighted by Crippen LogP contribution is 2.25. The summed E-state index contributed by atoms with van der Waals surface area (Å²) in [5.74, 6) is 4.66. The summed E-state index contributed by atoms with van der Waals surface area (Å²) < 4.78 is 0. The van der Waals surface area contributed by atoms with Gasteiger partial charge in [0.15, 0.2) is 0 Å². The van der Waals surface area contributed by atoms with Crippen molar-refractivity contribution in [2.45, 2.75) is 0 Å². The normalized spacial score (nSPS) is 17.1. The van der Waals surface area contributed by atoms with E-state index in [0.717, 1.165) is 17.3 Å². The molecule has 88 valence electrons. The fraction of sp³-hybridized carbons (Fsp3) is 0.308. The topological polar surface area (TPSA) is 16.1 Å². The van der Waals surface area contributed by atoms with Crippen molar-refractivity contribution in [3.05, 3.63) is 36.5 Å². The van der Waals surface area contributed by atoms with Crippen molar-refractivity contribution in [1.29, 1.82) is 0 Å². The van der Waals surface area contributed by atoms with E-state index < -0.39 is 0 Å². The molecule has 2 aromatic rings. The predicted molar refractivity (Wildman–Crippen MR) is 78.9 cm³/mol. The molecule has 0 spiro atoms. The molecule has 0 aliphatic carbocycles. The van der Waals surface area contributed by atoms with Gasteiger partial charge in [-0.2, -0.15) is 0 Å². The minimum absolute atomic E-state index is 1.08. The molecule has 1 fully saturated rings. The molecule has 1 saturated heterocycles. The average molecular weight is 262 g/mol. The van der Waals surface area contributed by atoms with Crippen molar-refractivity contribution < 1.29 is 0 Å². The third kappa shape index (κ3) is 2.53. The zero-order valence-electron chi connectivity index (χ0n) is 9.50. The van der Waals surface area contributed by atoms with Crippen molar-refractivity contribution in [3.8, 4) is 0 Å². The van der Waals surface area contributed by atoms with Gasteiger partial charge in [0.2, 0.25) is 0 Å². The van der Waals surface area contributed by atoms with E-state index in [1.165, 1.54) is 22.6 Å². The Morgan fingerprint density at radius 2 is 1.82 bits per heavy atom. The van der Waals surface area contributed by atoms with E-state index in [0.29, 0.717) is 0 Å². The van der Waals surface area contributed by atoms with Gasteiger partial charge in [0.25, 0.3) is 0 Å². The zero-order chi connectivity index (χ0) is 11.5. The second kappa shape index (κ2) is 5.19. The van der Waals surface area contributed by atoms with Gasteiger partial charge in [0.1, 0.15) is 0 Å². The molecule has 0 atom stereocenters. The van der Waals surface area contributed by atoms with Crippen molar-refractivity contribution >= 4 is 40.1 Å². The van der Waals surface area contributed by atoms with Gasteiger partial charge >= 0.3 is 0 Å². The summed E-state index contributed by atoms with van der Waals surface area (Å²) in [5.41, 5.74) is 2.32. The van der Waals surface area contributed by atoms with Crippen LogP contribution in [0.3, 0.4) is 0 Å². The lowest BCUT2D eigenvalue weighted by molar-refractivity contribution is 1.06. The van der Waals surface area contributed by atoms with Gasteiger partial charge in [0.05, 0.1) is 29.2 Å². The van der Waals surface area contributed by atoms with Gasteiger partial charge in [-0.25, -0.2) is 0 Å². The van der Waals surface area contributed by atoms with Gasteiger partial charge in [-0.05, 0) is 12.1 Å². The molecule has 0 bridgehead atoms. The lowest BCUT2D eigenvalue weighted by atomic mass is 10.2. The van der Waals surface area contributed by atoms with Crippen molar-refractivity contribution in [1.82, 2.24) is 4.98 Å². The quantitative estimate of drug-likeness (QED) is 0.782. The van der Waals surface area contributed by atoms with Crippen LogP contribution in [0.15, 0.2) is 36.5 Å². The van der Waals surface area contributed by atoms with Crippen LogP contribution in [0, 0.1) is 0 Å². The van der Waals surface area contributed by atoms with Crippen LogP contribution in [0.25, 0.3) is 10.9 Å². The van der Waals surface area contributed by atoms with Gasteiger partial charge < -0.3 is 4.90 Å². The largest absolute Gasteiger partial charge is 0.352 e. The van der Waals surface area contributed by atoms with Gasteiger partial charge in [-0.1, -0.05) is 18.2 Å². The number of benzene rings is 1. The Kier molecular flexibility index (Phi) is 3.43. The number of nitrogens with zero attached hydrogens (tertiary/aromatic N) is 2. The molecular weight excluding hydrogens is 248 g/mol. The van der Waals surface area contributed by atoms with Crippen LogP contribution in [-0.4, -0.2) is 28.2 Å². The van der Waals surface area contributed by atoms with E-state index >= 15 is 0 Å². The number of hydrogen-bond donors (Lipinski definition) is 0. The van der Waals surface area contributed by atoms with E-state index in [4.69, 9.17) is 0 Å². The highest BCUT2D eigenvalue weighted by Gasteiger charge is 2.10. The first kappa shape index (κ1) is 11.2. The van der Waals surface area contributed by atoms with E-state index in [-0.39, 0.29) is 0 Å². The van der Waals surface area contributed by atoms with Crippen LogP contribution < -0.4 is 4.90 Å². The van der Waals surface area contributed by atoms with Crippen LogP contribution >= 0.6 is 23.5 Å². The molecule has 3 rings (SSSR count). The summed E-state index contributed by atoms with van der Waals surface area (Å²) in [6, 6.07) is 10.5. The molecule has 2 heterocycles. The molecule has 0 saturated carbocycles. The molecule has 2 nitrogen and oxygen atoms in total. The number of thioether (sulfide) groups is 2. The summed E-state index contributed by atoms with van der Waals surface area (Å²) in [4.78, 5) is 6.93. The number of rotatable bonds is 1. The number of fused-ring (bicyclic) bond motifs is 1. The summed E-state index contributed by atoms with van der Waals surface area (Å²) >= 11 is 4.00. The third-order valence-corrected chi connectivity index (χ3v) is 5.04. The fourth-order valence-electron chi connectivity index (χ4n) is 1.89. The summed E-state index contributed by atoms with van der Waals surface area (Å²) in [5, 5.41) is 1.23. The number of para-hydroxylation sites is 1. The van der Waals surface area contributed by atoms with E-state index in [1.807, 2.05) is 35.8 Å². The number of aromatic nitrogens is 1. The maximum absolute atomic E-state index is 4.53. The predicted octanol–water partition coefficient (Wildman–Crippen LogP) is 3.44. The minimum atomic E-state index is 1.08. The van der Waals surface area contributed by atoms with Crippen LogP contribution in [0.5, 0.6) is 0 Å². The molecule has 1 aromatic heterocycles. The highest BCUT2D eigenvalue weighted by molar-refractivity contribution is 8.03. The zero-order valence-corrected chi connectivity index (χ0v) is 11.1. The number of hydrogen-bond acceptors (Lipinski definition) is 4. The van der Waals surface area contributed by atoms with Crippen molar-refractivity contribution in [3.63, 3.8) is 0 Å². The Hall–Kier alpha value is -0.870. The van der Waals surface area contributed by atoms with Crippen molar-refractivity contribution in [2.24, 2.45) is 0 Å². The van der Waals surface area contributed by atoms with E-state index in [9.17, 15) is 0 Å². The third-order valence-electron chi connectivity index (χ3n) is 2.81. The van der Waals surface area contributed by atoms with Gasteiger partial charge in [0, 0.05) is 16.9 Å². The Morgan fingerprint density at radius 3 is 2.65 bits per heavy atom. The monoisotopic (exact) mass is 262 g/mol. The molecule has 0 radical (unpaired) electrons. The molecule has 0 unspecified atom stereocenters. The minimum Gasteiger partial charge on any atom is -0.352 e. The standard InChI is InChI=1S/C13H14N2S2/c1-2-4-13-11(3-1)7-12(8-14-13)15-9-16-5-6-17-10-15/h1-4,7-8H,5-6,9-10H2. The molecule has 1 aliphatic rings. The number of anilines is 1. The summed E-state index contributed by atoms with van der Waals surface area (Å²) in [6.45, 7) is 0. The van der Waals surface area contributed by atoms with Gasteiger partial charge in [-0.15, -0.1) is 23.5 Å². The Bertz CT molecular complexity index is 508. The first-order chi connectivity index (χ1) is 8.43. The molecule has 1 aromatic carbocycles. The molecule has 1 aliphatic heterocycles. The SMILES string of the molecule is c1ccc2ncc(N3CSCCSC3)cc2c1. The molecule has 4 heteroatoms. The van der Waals surface area contributed by atoms with Gasteiger partial charge in [-0.3, -0.25) is 4.98 Å². The Morgan fingerprint density at radius 1 is 1.06 bits per heavy atom. The van der Waals surface area contributed by atoms with Crippen LogP contribution in [0.2, 0.25) is 0 Å². The van der Waals surface area contributed by atoms with Crippen LogP contribution in [-0.2, 0) is 0 Å². The molecular formula is C13H14N2S2. The number of pyridine rings is 1. The highest BCUT2D eigenvalue weighted by atomic mass is 32.2. The molecule has 0 N–H and O–H groups in total. The van der Waals surface area contributed by atoms with Crippen molar-refractivity contribution in [2.75, 3.05) is 28.2 Å². The maximum Gasteiger partial charge on any atom is 0.0703 e. The molecule has 0 amide bonds. The molecule has 17 heavy (non-hydrogen) atoms. The van der Waals surface area contributed by atoms with Crippen LogP contribution in [0.1, 0.15) is 0 Å². The van der Waals surface area contributed by atoms with E-state index in [2.05, 4.69) is 34.1 Å². The first-order valence-corrected chi connectivity index (χ1v) is 8.00.